The van der Waals surface area contributed by atoms with Gasteiger partial charge in [-0.25, -0.2) is 0 Å². The van der Waals surface area contributed by atoms with E-state index in [0.717, 1.165) is 16.7 Å². The van der Waals surface area contributed by atoms with Gasteiger partial charge in [0.15, 0.2) is 0 Å². The van der Waals surface area contributed by atoms with Gasteiger partial charge in [0.25, 0.3) is 0 Å². The molecule has 0 fully saturated rings. The Kier molecular flexibility index (Phi) is 2.61. The number of hydrogen-bond acceptors (Lipinski definition) is 2. The van der Waals surface area contributed by atoms with Crippen LogP contribution in [0.25, 0.3) is 0 Å². The Labute approximate surface area is 68.6 Å². The van der Waals surface area contributed by atoms with Crippen molar-refractivity contribution in [2.75, 3.05) is 0 Å². The van der Waals surface area contributed by atoms with Gasteiger partial charge in [-0.1, -0.05) is 17.7 Å². The molecule has 0 aliphatic heterocycles. The molecule has 0 aromatic heterocycles. The van der Waals surface area contributed by atoms with E-state index in [9.17, 15) is 0 Å². The topological polar surface area (TPSA) is 23.8 Å². The van der Waals surface area contributed by atoms with Crippen LogP contribution in [0.15, 0.2) is 29.2 Å². The molecule has 50 valence electrons. The Bertz CT molecular complexity index is 267. The zero-order valence-corrected chi connectivity index (χ0v) is 6.62. The lowest BCUT2D eigenvalue weighted by atomic mass is 10.4. The van der Waals surface area contributed by atoms with Crippen LogP contribution in [0.4, 0.5) is 0 Å². The Morgan fingerprint density at radius 3 is 2.90 bits per heavy atom. The molecule has 0 saturated heterocycles. The van der Waals surface area contributed by atoms with Gasteiger partial charge in [-0.2, -0.15) is 5.26 Å². The highest BCUT2D eigenvalue weighted by Crippen LogP contribution is 2.19. The molecule has 0 amide bonds. The maximum absolute atomic E-state index is 8.28. The molecular weight excluding hydrogens is 166 g/mol. The summed E-state index contributed by atoms with van der Waals surface area (Å²) in [6, 6.07) is 7.21. The van der Waals surface area contributed by atoms with Crippen molar-refractivity contribution in [3.8, 4) is 5.40 Å². The lowest BCUT2D eigenvalue weighted by molar-refractivity contribution is 1.47. The van der Waals surface area contributed by atoms with Crippen molar-refractivity contribution in [2.24, 2.45) is 0 Å². The van der Waals surface area contributed by atoms with Crippen LogP contribution in [0.3, 0.4) is 0 Å². The van der Waals surface area contributed by atoms with Crippen molar-refractivity contribution in [1.29, 1.82) is 5.26 Å². The smallest absolute Gasteiger partial charge is 0.138 e. The first-order valence-corrected chi connectivity index (χ1v) is 3.84. The fraction of sp³-hybridized carbons (Fsp3) is 0. The SMILES string of the molecule is N#CSc1cccc(Cl)c1. The molecule has 1 aromatic rings. The van der Waals surface area contributed by atoms with Gasteiger partial charge in [-0.3, -0.25) is 0 Å². The van der Waals surface area contributed by atoms with Crippen LogP contribution in [-0.4, -0.2) is 0 Å². The van der Waals surface area contributed by atoms with E-state index in [0.29, 0.717) is 5.02 Å². The van der Waals surface area contributed by atoms with E-state index in [-0.39, 0.29) is 0 Å². The Morgan fingerprint density at radius 1 is 1.50 bits per heavy atom. The summed E-state index contributed by atoms with van der Waals surface area (Å²) in [6.45, 7) is 0. The highest BCUT2D eigenvalue weighted by atomic mass is 35.5. The molecule has 1 nitrogen and oxygen atoms in total. The fourth-order valence-electron chi connectivity index (χ4n) is 0.583. The molecule has 0 aliphatic carbocycles. The molecule has 0 aliphatic rings. The molecule has 1 aromatic carbocycles. The van der Waals surface area contributed by atoms with Crippen molar-refractivity contribution in [1.82, 2.24) is 0 Å². The quantitative estimate of drug-likeness (QED) is 0.477. The molecule has 10 heavy (non-hydrogen) atoms. The van der Waals surface area contributed by atoms with E-state index in [1.807, 2.05) is 17.5 Å². The van der Waals surface area contributed by atoms with Crippen LogP contribution in [0.1, 0.15) is 0 Å². The van der Waals surface area contributed by atoms with Crippen LogP contribution in [0, 0.1) is 10.7 Å². The number of thiocyanates is 1. The first-order valence-electron chi connectivity index (χ1n) is 2.64. The highest BCUT2D eigenvalue weighted by molar-refractivity contribution is 8.03. The average molecular weight is 170 g/mol. The van der Waals surface area contributed by atoms with Crippen LogP contribution < -0.4 is 0 Å². The molecule has 0 heterocycles. The van der Waals surface area contributed by atoms with Crippen molar-refractivity contribution in [3.63, 3.8) is 0 Å². The molecule has 3 heteroatoms. The first kappa shape index (κ1) is 7.46. The summed E-state index contributed by atoms with van der Waals surface area (Å²) in [7, 11) is 0. The second-order valence-electron chi connectivity index (χ2n) is 1.65. The normalized spacial score (nSPS) is 8.80. The molecule has 0 spiro atoms. The van der Waals surface area contributed by atoms with Gasteiger partial charge in [0.1, 0.15) is 5.40 Å². The van der Waals surface area contributed by atoms with Gasteiger partial charge in [-0.15, -0.1) is 0 Å². The minimum atomic E-state index is 0.667. The Morgan fingerprint density at radius 2 is 2.30 bits per heavy atom. The lowest BCUT2D eigenvalue weighted by Gasteiger charge is -1.91. The minimum absolute atomic E-state index is 0.667. The van der Waals surface area contributed by atoms with Crippen molar-refractivity contribution >= 4 is 23.4 Å². The summed E-state index contributed by atoms with van der Waals surface area (Å²) in [5.74, 6) is 0. The molecule has 0 unspecified atom stereocenters. The number of rotatable bonds is 1. The van der Waals surface area contributed by atoms with Crippen molar-refractivity contribution in [3.05, 3.63) is 29.3 Å². The van der Waals surface area contributed by atoms with Gasteiger partial charge < -0.3 is 0 Å². The molecular formula is C7H4ClNS. The molecule has 0 radical (unpaired) electrons. The number of benzene rings is 1. The third-order valence-electron chi connectivity index (χ3n) is 0.960. The van der Waals surface area contributed by atoms with E-state index in [4.69, 9.17) is 16.9 Å². The van der Waals surface area contributed by atoms with Crippen molar-refractivity contribution < 1.29 is 0 Å². The summed E-state index contributed by atoms with van der Waals surface area (Å²) in [5, 5.41) is 10.9. The van der Waals surface area contributed by atoms with Crippen LogP contribution >= 0.6 is 23.4 Å². The van der Waals surface area contributed by atoms with Gasteiger partial charge in [0.05, 0.1) is 0 Å². The lowest BCUT2D eigenvalue weighted by Crippen LogP contribution is -1.66. The largest absolute Gasteiger partial charge is 0.185 e. The second kappa shape index (κ2) is 3.50. The van der Waals surface area contributed by atoms with E-state index < -0.39 is 0 Å². The predicted molar refractivity (Wildman–Crippen MR) is 42.9 cm³/mol. The van der Waals surface area contributed by atoms with E-state index in [1.165, 1.54) is 0 Å². The van der Waals surface area contributed by atoms with Gasteiger partial charge in [0.2, 0.25) is 0 Å². The first-order chi connectivity index (χ1) is 4.83. The maximum atomic E-state index is 8.28. The van der Waals surface area contributed by atoms with Gasteiger partial charge >= 0.3 is 0 Å². The standard InChI is InChI=1S/C7H4ClNS/c8-6-2-1-3-7(4-6)10-5-9/h1-4H. The van der Waals surface area contributed by atoms with E-state index in [2.05, 4.69) is 0 Å². The summed E-state index contributed by atoms with van der Waals surface area (Å²) in [5.41, 5.74) is 0. The second-order valence-corrected chi connectivity index (χ2v) is 2.95. The maximum Gasteiger partial charge on any atom is 0.138 e. The number of nitrogens with zero attached hydrogens (tertiary/aromatic N) is 1. The Hall–Kier alpha value is -0.650. The fourth-order valence-corrected chi connectivity index (χ4v) is 1.28. The Balaban J connectivity index is 2.87. The van der Waals surface area contributed by atoms with Gasteiger partial charge in [0, 0.05) is 9.92 Å². The van der Waals surface area contributed by atoms with Crippen LogP contribution in [0.5, 0.6) is 0 Å². The average Bonchev–Trinajstić information content (AvgIpc) is 1.88. The zero-order chi connectivity index (χ0) is 7.40. The highest BCUT2D eigenvalue weighted by Gasteiger charge is 1.91. The third kappa shape index (κ3) is 1.94. The number of halogens is 1. The van der Waals surface area contributed by atoms with Gasteiger partial charge in [-0.05, 0) is 30.0 Å². The number of hydrogen-bond donors (Lipinski definition) is 0. The third-order valence-corrected chi connectivity index (χ3v) is 1.78. The summed E-state index contributed by atoms with van der Waals surface area (Å²) < 4.78 is 0. The number of thioether (sulfide) groups is 1. The van der Waals surface area contributed by atoms with Crippen molar-refractivity contribution in [2.45, 2.75) is 4.90 Å². The molecule has 0 bridgehead atoms. The summed E-state index contributed by atoms with van der Waals surface area (Å²) in [6.07, 6.45) is 0. The number of nitriles is 1. The van der Waals surface area contributed by atoms with E-state index >= 15 is 0 Å². The molecule has 1 rings (SSSR count). The monoisotopic (exact) mass is 169 g/mol. The zero-order valence-electron chi connectivity index (χ0n) is 5.04. The van der Waals surface area contributed by atoms with Crippen LogP contribution in [-0.2, 0) is 0 Å². The van der Waals surface area contributed by atoms with E-state index in [1.54, 1.807) is 12.1 Å². The summed E-state index contributed by atoms with van der Waals surface area (Å²) in [4.78, 5) is 0.884. The predicted octanol–water partition coefficient (Wildman–Crippen LogP) is 2.91. The molecule has 0 N–H and O–H groups in total. The molecule has 0 atom stereocenters. The van der Waals surface area contributed by atoms with Crippen LogP contribution in [0.2, 0.25) is 5.02 Å². The minimum Gasteiger partial charge on any atom is -0.185 e. The summed E-state index contributed by atoms with van der Waals surface area (Å²) >= 11 is 6.77. The molecule has 0 saturated carbocycles.